The number of sulfonamides is 1. The summed E-state index contributed by atoms with van der Waals surface area (Å²) < 4.78 is 39.4. The lowest BCUT2D eigenvalue weighted by atomic mass is 9.99. The minimum Gasteiger partial charge on any atom is -0.494 e. The van der Waals surface area contributed by atoms with Gasteiger partial charge >= 0.3 is 0 Å². The monoisotopic (exact) mass is 489 g/mol. The van der Waals surface area contributed by atoms with Gasteiger partial charge in [0.25, 0.3) is 0 Å². The Morgan fingerprint density at radius 2 is 1.44 bits per heavy atom. The number of rotatable bonds is 8. The molecule has 0 atom stereocenters. The molecule has 0 radical (unpaired) electrons. The van der Waals surface area contributed by atoms with Crippen molar-refractivity contribution in [1.29, 1.82) is 0 Å². The maximum absolute atomic E-state index is 13.4. The summed E-state index contributed by atoms with van der Waals surface area (Å²) in [7, 11) is -3.69. The molecule has 186 valence electrons. The highest BCUT2D eigenvalue weighted by Gasteiger charge is 2.31. The molecular weight excluding hydrogens is 454 g/mol. The zero-order valence-corrected chi connectivity index (χ0v) is 21.1. The molecule has 0 aliphatic carbocycles. The SMILES string of the molecule is CCOc1ccc(S(=O)(=O)N2CCN(c3ccc(N4CCC(C)CC4)nn3)CC2)c(OCC)c1. The fourth-order valence-electron chi connectivity index (χ4n) is 4.42. The van der Waals surface area contributed by atoms with Gasteiger partial charge in [-0.2, -0.15) is 4.31 Å². The molecule has 0 saturated carbocycles. The number of benzene rings is 1. The Balaban J connectivity index is 1.41. The van der Waals surface area contributed by atoms with Crippen molar-refractivity contribution < 1.29 is 17.9 Å². The number of ether oxygens (including phenoxy) is 2. The van der Waals surface area contributed by atoms with E-state index in [4.69, 9.17) is 9.47 Å². The van der Waals surface area contributed by atoms with Crippen LogP contribution in [0, 0.1) is 5.92 Å². The molecule has 2 fully saturated rings. The summed E-state index contributed by atoms with van der Waals surface area (Å²) in [4.78, 5) is 4.54. The van der Waals surface area contributed by atoms with Crippen LogP contribution in [0.2, 0.25) is 0 Å². The second kappa shape index (κ2) is 10.8. The van der Waals surface area contributed by atoms with Crippen LogP contribution in [-0.2, 0) is 10.0 Å². The third-order valence-electron chi connectivity index (χ3n) is 6.45. The summed E-state index contributed by atoms with van der Waals surface area (Å²) in [6, 6.07) is 8.91. The molecule has 4 rings (SSSR count). The van der Waals surface area contributed by atoms with Gasteiger partial charge in [-0.05, 0) is 56.9 Å². The van der Waals surface area contributed by atoms with E-state index >= 15 is 0 Å². The molecule has 2 aliphatic heterocycles. The minimum absolute atomic E-state index is 0.172. The van der Waals surface area contributed by atoms with E-state index in [2.05, 4.69) is 26.9 Å². The van der Waals surface area contributed by atoms with Crippen LogP contribution in [0.4, 0.5) is 11.6 Å². The van der Waals surface area contributed by atoms with Crippen molar-refractivity contribution in [3.63, 3.8) is 0 Å². The minimum atomic E-state index is -3.69. The highest BCUT2D eigenvalue weighted by Crippen LogP contribution is 2.32. The lowest BCUT2D eigenvalue weighted by Crippen LogP contribution is -2.49. The van der Waals surface area contributed by atoms with Crippen molar-refractivity contribution in [3.05, 3.63) is 30.3 Å². The van der Waals surface area contributed by atoms with Crippen molar-refractivity contribution in [2.24, 2.45) is 5.92 Å². The average Bonchev–Trinajstić information content (AvgIpc) is 2.85. The molecule has 10 heteroatoms. The second-order valence-electron chi connectivity index (χ2n) is 8.79. The fraction of sp³-hybridized carbons (Fsp3) is 0.583. The summed E-state index contributed by atoms with van der Waals surface area (Å²) in [6.45, 7) is 10.8. The first-order valence-corrected chi connectivity index (χ1v) is 13.6. The summed E-state index contributed by atoms with van der Waals surface area (Å²) in [5.74, 6) is 3.38. The first-order valence-electron chi connectivity index (χ1n) is 12.2. The Morgan fingerprint density at radius 1 is 0.853 bits per heavy atom. The van der Waals surface area contributed by atoms with Crippen LogP contribution in [0.3, 0.4) is 0 Å². The number of aromatic nitrogens is 2. The van der Waals surface area contributed by atoms with Crippen LogP contribution in [0.5, 0.6) is 11.5 Å². The van der Waals surface area contributed by atoms with E-state index in [1.165, 1.54) is 17.1 Å². The van der Waals surface area contributed by atoms with Gasteiger partial charge in [0, 0.05) is 45.3 Å². The molecule has 0 amide bonds. The van der Waals surface area contributed by atoms with Gasteiger partial charge in [0.15, 0.2) is 11.6 Å². The van der Waals surface area contributed by atoms with Gasteiger partial charge in [0.1, 0.15) is 16.4 Å². The standard InChI is InChI=1S/C24H35N5O4S/c1-4-32-20-6-7-22(21(18-20)33-5-2)34(30,31)29-16-14-28(15-17-29)24-9-8-23(25-26-24)27-12-10-19(3)11-13-27/h6-9,18-19H,4-5,10-17H2,1-3H3. The van der Waals surface area contributed by atoms with Gasteiger partial charge in [0.05, 0.1) is 13.2 Å². The van der Waals surface area contributed by atoms with Crippen LogP contribution in [0.15, 0.2) is 35.2 Å². The molecular formula is C24H35N5O4S. The van der Waals surface area contributed by atoms with E-state index < -0.39 is 10.0 Å². The maximum Gasteiger partial charge on any atom is 0.246 e. The number of anilines is 2. The molecule has 0 unspecified atom stereocenters. The number of piperazine rings is 1. The van der Waals surface area contributed by atoms with Gasteiger partial charge in [-0.25, -0.2) is 8.42 Å². The van der Waals surface area contributed by atoms with Gasteiger partial charge in [0.2, 0.25) is 10.0 Å². The summed E-state index contributed by atoms with van der Waals surface area (Å²) in [6.07, 6.45) is 2.36. The molecule has 9 nitrogen and oxygen atoms in total. The molecule has 1 aromatic carbocycles. The van der Waals surface area contributed by atoms with Gasteiger partial charge in [-0.15, -0.1) is 10.2 Å². The molecule has 2 aromatic rings. The van der Waals surface area contributed by atoms with Crippen molar-refractivity contribution in [2.75, 3.05) is 62.3 Å². The van der Waals surface area contributed by atoms with Crippen LogP contribution >= 0.6 is 0 Å². The molecule has 34 heavy (non-hydrogen) atoms. The lowest BCUT2D eigenvalue weighted by Gasteiger charge is -2.35. The quantitative estimate of drug-likeness (QED) is 0.559. The predicted octanol–water partition coefficient (Wildman–Crippen LogP) is 3.02. The maximum atomic E-state index is 13.4. The Kier molecular flexibility index (Phi) is 7.77. The second-order valence-corrected chi connectivity index (χ2v) is 10.7. The molecule has 0 spiro atoms. The van der Waals surface area contributed by atoms with Gasteiger partial charge in [-0.3, -0.25) is 0 Å². The molecule has 3 heterocycles. The topological polar surface area (TPSA) is 88.1 Å². The molecule has 2 aliphatic rings. The smallest absolute Gasteiger partial charge is 0.246 e. The largest absolute Gasteiger partial charge is 0.494 e. The fourth-order valence-corrected chi connectivity index (χ4v) is 5.95. The van der Waals surface area contributed by atoms with Crippen molar-refractivity contribution in [1.82, 2.24) is 14.5 Å². The zero-order chi connectivity index (χ0) is 24.1. The Hall–Kier alpha value is -2.59. The third-order valence-corrected chi connectivity index (χ3v) is 8.39. The number of hydrogen-bond donors (Lipinski definition) is 0. The first kappa shape index (κ1) is 24.5. The number of piperidine rings is 1. The van der Waals surface area contributed by atoms with E-state index in [1.54, 1.807) is 18.2 Å². The highest BCUT2D eigenvalue weighted by atomic mass is 32.2. The average molecular weight is 490 g/mol. The number of hydrogen-bond acceptors (Lipinski definition) is 8. The summed E-state index contributed by atoms with van der Waals surface area (Å²) >= 11 is 0. The van der Waals surface area contributed by atoms with Gasteiger partial charge < -0.3 is 19.3 Å². The van der Waals surface area contributed by atoms with E-state index in [0.29, 0.717) is 50.9 Å². The van der Waals surface area contributed by atoms with Crippen LogP contribution in [-0.4, -0.2) is 75.4 Å². The van der Waals surface area contributed by atoms with Crippen molar-refractivity contribution in [2.45, 2.75) is 38.5 Å². The lowest BCUT2D eigenvalue weighted by molar-refractivity contribution is 0.314. The molecule has 1 aromatic heterocycles. The number of nitrogens with zero attached hydrogens (tertiary/aromatic N) is 5. The zero-order valence-electron chi connectivity index (χ0n) is 20.3. The van der Waals surface area contributed by atoms with E-state index in [9.17, 15) is 8.42 Å². The Labute approximate surface area is 202 Å². The molecule has 2 saturated heterocycles. The third kappa shape index (κ3) is 5.38. The van der Waals surface area contributed by atoms with E-state index in [0.717, 1.165) is 30.6 Å². The normalized spacial score (nSPS) is 18.2. The van der Waals surface area contributed by atoms with Crippen LogP contribution in [0.1, 0.15) is 33.6 Å². The van der Waals surface area contributed by atoms with Gasteiger partial charge in [-0.1, -0.05) is 6.92 Å². The van der Waals surface area contributed by atoms with Crippen LogP contribution < -0.4 is 19.3 Å². The summed E-state index contributed by atoms with van der Waals surface area (Å²) in [5.41, 5.74) is 0. The Bertz CT molecular complexity index is 1050. The summed E-state index contributed by atoms with van der Waals surface area (Å²) in [5, 5.41) is 8.89. The highest BCUT2D eigenvalue weighted by molar-refractivity contribution is 7.89. The van der Waals surface area contributed by atoms with E-state index in [-0.39, 0.29) is 4.90 Å². The van der Waals surface area contributed by atoms with Crippen LogP contribution in [0.25, 0.3) is 0 Å². The molecule has 0 N–H and O–H groups in total. The first-order chi connectivity index (χ1) is 16.4. The van der Waals surface area contributed by atoms with E-state index in [1.807, 2.05) is 26.0 Å². The predicted molar refractivity (Wildman–Crippen MR) is 132 cm³/mol. The Morgan fingerprint density at radius 3 is 2.00 bits per heavy atom. The molecule has 0 bridgehead atoms. The van der Waals surface area contributed by atoms with Crippen molar-refractivity contribution >= 4 is 21.7 Å². The van der Waals surface area contributed by atoms with Crippen molar-refractivity contribution in [3.8, 4) is 11.5 Å².